The van der Waals surface area contributed by atoms with Crippen LogP contribution in [0.2, 0.25) is 10.0 Å². The monoisotopic (exact) mass is 317 g/mol. The normalized spacial score (nSPS) is 18.1. The molecule has 0 radical (unpaired) electrons. The van der Waals surface area contributed by atoms with Crippen molar-refractivity contribution in [2.24, 2.45) is 0 Å². The van der Waals surface area contributed by atoms with Crippen LogP contribution in [0.5, 0.6) is 5.75 Å². The molecule has 6 heteroatoms. The average Bonchev–Trinajstić information content (AvgIpc) is 2.96. The molecule has 0 spiro atoms. The van der Waals surface area contributed by atoms with Crippen molar-refractivity contribution in [3.8, 4) is 5.75 Å². The van der Waals surface area contributed by atoms with Crippen LogP contribution in [0, 0.1) is 0 Å². The van der Waals surface area contributed by atoms with Gasteiger partial charge in [-0.05, 0) is 30.9 Å². The third-order valence-electron chi connectivity index (χ3n) is 3.24. The van der Waals surface area contributed by atoms with E-state index in [2.05, 4.69) is 5.32 Å². The van der Waals surface area contributed by atoms with E-state index >= 15 is 0 Å². The second-order valence-electron chi connectivity index (χ2n) is 4.62. The minimum atomic E-state index is -0.301. The molecule has 1 aliphatic heterocycles. The van der Waals surface area contributed by atoms with E-state index in [0.29, 0.717) is 35.4 Å². The van der Waals surface area contributed by atoms with Crippen LogP contribution in [0.15, 0.2) is 12.1 Å². The van der Waals surface area contributed by atoms with Gasteiger partial charge in [-0.3, -0.25) is 4.79 Å². The van der Waals surface area contributed by atoms with Crippen molar-refractivity contribution in [1.29, 1.82) is 0 Å². The van der Waals surface area contributed by atoms with Gasteiger partial charge in [0.25, 0.3) is 0 Å². The lowest BCUT2D eigenvalue weighted by Crippen LogP contribution is -2.35. The summed E-state index contributed by atoms with van der Waals surface area (Å²) in [4.78, 5) is 11.8. The van der Waals surface area contributed by atoms with E-state index in [1.807, 2.05) is 0 Å². The second kappa shape index (κ2) is 7.16. The summed E-state index contributed by atoms with van der Waals surface area (Å²) < 4.78 is 10.4. The number of nitrogens with one attached hydrogen (secondary N) is 1. The summed E-state index contributed by atoms with van der Waals surface area (Å²) in [5, 5.41) is 3.94. The van der Waals surface area contributed by atoms with Crippen LogP contribution in [0.4, 0.5) is 0 Å². The minimum absolute atomic E-state index is 0.0572. The third-order valence-corrected chi connectivity index (χ3v) is 3.88. The first-order valence-corrected chi connectivity index (χ1v) is 7.28. The number of ether oxygens (including phenoxy) is 2. The Balaban J connectivity index is 1.87. The van der Waals surface area contributed by atoms with Crippen LogP contribution < -0.4 is 10.1 Å². The van der Waals surface area contributed by atoms with E-state index in [9.17, 15) is 4.79 Å². The van der Waals surface area contributed by atoms with Gasteiger partial charge in [0, 0.05) is 24.2 Å². The Morgan fingerprint density at radius 2 is 2.25 bits per heavy atom. The van der Waals surface area contributed by atoms with E-state index in [4.69, 9.17) is 32.7 Å². The highest BCUT2D eigenvalue weighted by Crippen LogP contribution is 2.31. The van der Waals surface area contributed by atoms with E-state index < -0.39 is 0 Å². The summed E-state index contributed by atoms with van der Waals surface area (Å²) in [6.45, 7) is 1.17. The van der Waals surface area contributed by atoms with Gasteiger partial charge in [-0.25, -0.2) is 0 Å². The Morgan fingerprint density at radius 1 is 1.45 bits per heavy atom. The summed E-state index contributed by atoms with van der Waals surface area (Å²) in [5.74, 6) is 0.488. The van der Waals surface area contributed by atoms with Crippen molar-refractivity contribution in [2.75, 3.05) is 20.3 Å². The Hall–Kier alpha value is -0.970. The fraction of sp³-hybridized carbons (Fsp3) is 0.500. The largest absolute Gasteiger partial charge is 0.495 e. The first kappa shape index (κ1) is 15.4. The highest BCUT2D eigenvalue weighted by molar-refractivity contribution is 6.34. The molecular weight excluding hydrogens is 301 g/mol. The first-order valence-electron chi connectivity index (χ1n) is 6.53. The molecule has 110 valence electrons. The SMILES string of the molecule is COc1cc(Cl)c(CCNC(=O)C2CCCO2)cc1Cl. The predicted molar refractivity (Wildman–Crippen MR) is 78.7 cm³/mol. The zero-order valence-corrected chi connectivity index (χ0v) is 12.8. The van der Waals surface area contributed by atoms with Gasteiger partial charge in [0.15, 0.2) is 0 Å². The van der Waals surface area contributed by atoms with Gasteiger partial charge in [0.05, 0.1) is 12.1 Å². The molecule has 1 amide bonds. The maximum absolute atomic E-state index is 11.8. The Kier molecular flexibility index (Phi) is 5.52. The maximum atomic E-state index is 11.8. The highest BCUT2D eigenvalue weighted by Gasteiger charge is 2.22. The second-order valence-corrected chi connectivity index (χ2v) is 5.44. The lowest BCUT2D eigenvalue weighted by Gasteiger charge is -2.12. The fourth-order valence-corrected chi connectivity index (χ4v) is 2.65. The molecule has 0 aliphatic carbocycles. The van der Waals surface area contributed by atoms with Gasteiger partial charge in [-0.1, -0.05) is 23.2 Å². The summed E-state index contributed by atoms with van der Waals surface area (Å²) >= 11 is 12.2. The van der Waals surface area contributed by atoms with Gasteiger partial charge >= 0.3 is 0 Å². The van der Waals surface area contributed by atoms with Crippen molar-refractivity contribution >= 4 is 29.1 Å². The molecule has 1 heterocycles. The number of carbonyl (C=O) groups excluding carboxylic acids is 1. The van der Waals surface area contributed by atoms with Crippen LogP contribution in [-0.2, 0) is 16.0 Å². The molecule has 1 aromatic rings. The topological polar surface area (TPSA) is 47.6 Å². The molecule has 1 aliphatic rings. The molecular formula is C14H17Cl2NO3. The summed E-state index contributed by atoms with van der Waals surface area (Å²) in [6.07, 6.45) is 2.05. The lowest BCUT2D eigenvalue weighted by atomic mass is 10.1. The smallest absolute Gasteiger partial charge is 0.249 e. The van der Waals surface area contributed by atoms with Crippen molar-refractivity contribution in [1.82, 2.24) is 5.32 Å². The number of hydrogen-bond donors (Lipinski definition) is 1. The molecule has 2 rings (SSSR count). The zero-order chi connectivity index (χ0) is 14.5. The molecule has 1 aromatic carbocycles. The maximum Gasteiger partial charge on any atom is 0.249 e. The summed E-state index contributed by atoms with van der Waals surface area (Å²) in [5.41, 5.74) is 0.880. The van der Waals surface area contributed by atoms with Gasteiger partial charge in [-0.2, -0.15) is 0 Å². The molecule has 0 saturated carbocycles. The first-order chi connectivity index (χ1) is 9.61. The van der Waals surface area contributed by atoms with Gasteiger partial charge < -0.3 is 14.8 Å². The Morgan fingerprint density at radius 3 is 2.90 bits per heavy atom. The van der Waals surface area contributed by atoms with Gasteiger partial charge in [0.1, 0.15) is 11.9 Å². The Bertz CT molecular complexity index is 488. The van der Waals surface area contributed by atoms with Gasteiger partial charge in [0.2, 0.25) is 5.91 Å². The number of methoxy groups -OCH3 is 1. The molecule has 1 atom stereocenters. The van der Waals surface area contributed by atoms with Crippen molar-refractivity contribution < 1.29 is 14.3 Å². The standard InChI is InChI=1S/C14H17Cl2NO3/c1-19-13-8-10(15)9(7-11(13)16)4-5-17-14(18)12-3-2-6-20-12/h7-8,12H,2-6H2,1H3,(H,17,18). The number of carbonyl (C=O) groups is 1. The van der Waals surface area contributed by atoms with E-state index in [1.54, 1.807) is 19.2 Å². The molecule has 0 bridgehead atoms. The molecule has 1 fully saturated rings. The van der Waals surface area contributed by atoms with E-state index in [0.717, 1.165) is 18.4 Å². The average molecular weight is 318 g/mol. The van der Waals surface area contributed by atoms with Crippen LogP contribution in [0.25, 0.3) is 0 Å². The number of amides is 1. The molecule has 0 aromatic heterocycles. The number of hydrogen-bond acceptors (Lipinski definition) is 3. The molecule has 1 N–H and O–H groups in total. The van der Waals surface area contributed by atoms with Crippen molar-refractivity contribution in [2.45, 2.75) is 25.4 Å². The highest BCUT2D eigenvalue weighted by atomic mass is 35.5. The fourth-order valence-electron chi connectivity index (χ4n) is 2.14. The van der Waals surface area contributed by atoms with E-state index in [1.165, 1.54) is 0 Å². The Labute approximate surface area is 128 Å². The van der Waals surface area contributed by atoms with Crippen molar-refractivity contribution in [3.63, 3.8) is 0 Å². The lowest BCUT2D eigenvalue weighted by molar-refractivity contribution is -0.129. The van der Waals surface area contributed by atoms with Crippen LogP contribution in [0.1, 0.15) is 18.4 Å². The van der Waals surface area contributed by atoms with Crippen LogP contribution >= 0.6 is 23.2 Å². The van der Waals surface area contributed by atoms with Gasteiger partial charge in [-0.15, -0.1) is 0 Å². The van der Waals surface area contributed by atoms with Crippen molar-refractivity contribution in [3.05, 3.63) is 27.7 Å². The number of halogens is 2. The van der Waals surface area contributed by atoms with Crippen LogP contribution in [0.3, 0.4) is 0 Å². The molecule has 20 heavy (non-hydrogen) atoms. The summed E-state index contributed by atoms with van der Waals surface area (Å²) in [6, 6.07) is 3.45. The predicted octanol–water partition coefficient (Wildman–Crippen LogP) is 2.84. The zero-order valence-electron chi connectivity index (χ0n) is 11.2. The van der Waals surface area contributed by atoms with Crippen LogP contribution in [-0.4, -0.2) is 32.3 Å². The third kappa shape index (κ3) is 3.78. The quantitative estimate of drug-likeness (QED) is 0.908. The van der Waals surface area contributed by atoms with E-state index in [-0.39, 0.29) is 12.0 Å². The molecule has 1 saturated heterocycles. The number of rotatable bonds is 5. The molecule has 4 nitrogen and oxygen atoms in total. The molecule has 1 unspecified atom stereocenters. The summed E-state index contributed by atoms with van der Waals surface area (Å²) in [7, 11) is 1.54. The number of benzene rings is 1. The minimum Gasteiger partial charge on any atom is -0.495 e.